The van der Waals surface area contributed by atoms with Crippen LogP contribution in [0.25, 0.3) is 0 Å². The number of halogens is 2. The molecule has 0 fully saturated rings. The minimum Gasteiger partial charge on any atom is -0.311 e. The lowest BCUT2D eigenvalue weighted by atomic mass is 10.1. The Labute approximate surface area is 112 Å². The molecule has 1 N–H and O–H groups in total. The largest absolute Gasteiger partial charge is 0.311 e. The first-order valence-electron chi connectivity index (χ1n) is 5.27. The van der Waals surface area contributed by atoms with Crippen molar-refractivity contribution >= 4 is 27.3 Å². The third-order valence-corrected chi connectivity index (χ3v) is 3.61. The van der Waals surface area contributed by atoms with Gasteiger partial charge in [-0.1, -0.05) is 6.07 Å². The molecule has 2 nitrogen and oxygen atoms in total. The van der Waals surface area contributed by atoms with E-state index in [0.717, 1.165) is 30.8 Å². The SMILES string of the molecule is Fc1ccc(CCNCc2cscn2)cc1Br. The third kappa shape index (κ3) is 3.87. The Bertz CT molecular complexity index is 473. The normalized spacial score (nSPS) is 10.7. The zero-order chi connectivity index (χ0) is 12.1. The van der Waals surface area contributed by atoms with Crippen molar-refractivity contribution in [3.05, 3.63) is 50.6 Å². The molecule has 2 aromatic rings. The summed E-state index contributed by atoms with van der Waals surface area (Å²) in [6.45, 7) is 1.64. The number of hydrogen-bond acceptors (Lipinski definition) is 3. The first kappa shape index (κ1) is 12.7. The molecule has 2 rings (SSSR count). The summed E-state index contributed by atoms with van der Waals surface area (Å²) >= 11 is 4.78. The van der Waals surface area contributed by atoms with Gasteiger partial charge in [0.15, 0.2) is 0 Å². The fraction of sp³-hybridized carbons (Fsp3) is 0.250. The molecule has 0 aliphatic carbocycles. The summed E-state index contributed by atoms with van der Waals surface area (Å²) in [7, 11) is 0. The van der Waals surface area contributed by atoms with E-state index in [1.807, 2.05) is 23.0 Å². The highest BCUT2D eigenvalue weighted by Gasteiger charge is 2.00. The van der Waals surface area contributed by atoms with Gasteiger partial charge in [0.25, 0.3) is 0 Å². The first-order chi connectivity index (χ1) is 8.25. The Hall–Kier alpha value is -0.780. The maximum atomic E-state index is 13.0. The molecule has 0 bridgehead atoms. The van der Waals surface area contributed by atoms with E-state index in [4.69, 9.17) is 0 Å². The number of aromatic nitrogens is 1. The van der Waals surface area contributed by atoms with Crippen LogP contribution in [0.4, 0.5) is 4.39 Å². The van der Waals surface area contributed by atoms with Crippen LogP contribution in [0.2, 0.25) is 0 Å². The van der Waals surface area contributed by atoms with Crippen molar-refractivity contribution in [1.29, 1.82) is 0 Å². The number of benzene rings is 1. The molecule has 90 valence electrons. The molecule has 1 aromatic carbocycles. The second-order valence-corrected chi connectivity index (χ2v) is 5.23. The van der Waals surface area contributed by atoms with E-state index < -0.39 is 0 Å². The molecule has 0 amide bonds. The van der Waals surface area contributed by atoms with Crippen molar-refractivity contribution < 1.29 is 4.39 Å². The van der Waals surface area contributed by atoms with Crippen molar-refractivity contribution in [3.63, 3.8) is 0 Å². The smallest absolute Gasteiger partial charge is 0.137 e. The Balaban J connectivity index is 1.76. The van der Waals surface area contributed by atoms with Crippen LogP contribution in [0.15, 0.2) is 33.6 Å². The van der Waals surface area contributed by atoms with Gasteiger partial charge in [-0.25, -0.2) is 9.37 Å². The predicted molar refractivity (Wildman–Crippen MR) is 71.6 cm³/mol. The molecule has 0 atom stereocenters. The highest BCUT2D eigenvalue weighted by atomic mass is 79.9. The molecule has 17 heavy (non-hydrogen) atoms. The lowest BCUT2D eigenvalue weighted by Crippen LogP contribution is -2.16. The quantitative estimate of drug-likeness (QED) is 0.856. The Morgan fingerprint density at radius 1 is 1.41 bits per heavy atom. The topological polar surface area (TPSA) is 24.9 Å². The monoisotopic (exact) mass is 314 g/mol. The molecule has 0 saturated carbocycles. The summed E-state index contributed by atoms with van der Waals surface area (Å²) in [5.41, 5.74) is 4.01. The number of nitrogens with zero attached hydrogens (tertiary/aromatic N) is 1. The lowest BCUT2D eigenvalue weighted by Gasteiger charge is -2.04. The summed E-state index contributed by atoms with van der Waals surface area (Å²) in [6, 6.07) is 5.12. The average Bonchev–Trinajstić information content (AvgIpc) is 2.82. The molecule has 0 aliphatic rings. The Morgan fingerprint density at radius 3 is 3.00 bits per heavy atom. The molecular weight excluding hydrogens is 303 g/mol. The number of hydrogen-bond donors (Lipinski definition) is 1. The first-order valence-corrected chi connectivity index (χ1v) is 7.01. The molecular formula is C12H12BrFN2S. The van der Waals surface area contributed by atoms with E-state index in [-0.39, 0.29) is 5.82 Å². The lowest BCUT2D eigenvalue weighted by molar-refractivity contribution is 0.619. The molecule has 0 spiro atoms. The third-order valence-electron chi connectivity index (χ3n) is 2.36. The van der Waals surface area contributed by atoms with Crippen LogP contribution >= 0.6 is 27.3 Å². The molecule has 0 radical (unpaired) electrons. The van der Waals surface area contributed by atoms with Gasteiger partial charge in [-0.3, -0.25) is 0 Å². The zero-order valence-corrected chi connectivity index (χ0v) is 11.5. The van der Waals surface area contributed by atoms with Gasteiger partial charge < -0.3 is 5.32 Å². The number of rotatable bonds is 5. The van der Waals surface area contributed by atoms with Gasteiger partial charge in [0.1, 0.15) is 5.82 Å². The zero-order valence-electron chi connectivity index (χ0n) is 9.12. The van der Waals surface area contributed by atoms with Crippen LogP contribution in [0.3, 0.4) is 0 Å². The van der Waals surface area contributed by atoms with Crippen LogP contribution in [-0.4, -0.2) is 11.5 Å². The maximum absolute atomic E-state index is 13.0. The minimum atomic E-state index is -0.218. The summed E-state index contributed by atoms with van der Waals surface area (Å²) in [6.07, 6.45) is 0.878. The van der Waals surface area contributed by atoms with Gasteiger partial charge in [-0.05, 0) is 46.6 Å². The van der Waals surface area contributed by atoms with Gasteiger partial charge >= 0.3 is 0 Å². The highest BCUT2D eigenvalue weighted by molar-refractivity contribution is 9.10. The van der Waals surface area contributed by atoms with Crippen molar-refractivity contribution in [2.45, 2.75) is 13.0 Å². The van der Waals surface area contributed by atoms with Crippen molar-refractivity contribution in [1.82, 2.24) is 10.3 Å². The molecule has 5 heteroatoms. The van der Waals surface area contributed by atoms with E-state index in [1.54, 1.807) is 11.3 Å². The van der Waals surface area contributed by atoms with E-state index >= 15 is 0 Å². The molecule has 1 aromatic heterocycles. The van der Waals surface area contributed by atoms with Crippen LogP contribution < -0.4 is 5.32 Å². The van der Waals surface area contributed by atoms with E-state index in [2.05, 4.69) is 26.2 Å². The van der Waals surface area contributed by atoms with Crippen molar-refractivity contribution in [2.75, 3.05) is 6.54 Å². The second kappa shape index (κ2) is 6.23. The Kier molecular flexibility index (Phi) is 4.65. The van der Waals surface area contributed by atoms with Crippen LogP contribution in [0.5, 0.6) is 0 Å². The predicted octanol–water partition coefficient (Wildman–Crippen LogP) is 3.38. The average molecular weight is 315 g/mol. The van der Waals surface area contributed by atoms with Gasteiger partial charge in [0.2, 0.25) is 0 Å². The van der Waals surface area contributed by atoms with Gasteiger partial charge in [0.05, 0.1) is 15.7 Å². The fourth-order valence-corrected chi connectivity index (χ4v) is 2.45. The summed E-state index contributed by atoms with van der Waals surface area (Å²) in [5.74, 6) is -0.218. The van der Waals surface area contributed by atoms with Crippen molar-refractivity contribution in [3.8, 4) is 0 Å². The minimum absolute atomic E-state index is 0.218. The summed E-state index contributed by atoms with van der Waals surface area (Å²) in [5, 5.41) is 5.33. The van der Waals surface area contributed by atoms with Gasteiger partial charge in [-0.15, -0.1) is 11.3 Å². The fourth-order valence-electron chi connectivity index (χ4n) is 1.47. The van der Waals surface area contributed by atoms with Gasteiger partial charge in [0, 0.05) is 11.9 Å². The van der Waals surface area contributed by atoms with Crippen molar-refractivity contribution in [2.24, 2.45) is 0 Å². The Morgan fingerprint density at radius 2 is 2.29 bits per heavy atom. The van der Waals surface area contributed by atoms with E-state index in [1.165, 1.54) is 6.07 Å². The van der Waals surface area contributed by atoms with E-state index in [9.17, 15) is 4.39 Å². The van der Waals surface area contributed by atoms with Crippen LogP contribution in [0, 0.1) is 5.82 Å². The summed E-state index contributed by atoms with van der Waals surface area (Å²) in [4.78, 5) is 4.19. The number of thiazole rings is 1. The van der Waals surface area contributed by atoms with Crippen LogP contribution in [-0.2, 0) is 13.0 Å². The second-order valence-electron chi connectivity index (χ2n) is 3.66. The van der Waals surface area contributed by atoms with Crippen LogP contribution in [0.1, 0.15) is 11.3 Å². The van der Waals surface area contributed by atoms with Gasteiger partial charge in [-0.2, -0.15) is 0 Å². The molecule has 0 saturated heterocycles. The van der Waals surface area contributed by atoms with E-state index in [0.29, 0.717) is 4.47 Å². The number of nitrogens with one attached hydrogen (secondary N) is 1. The molecule has 1 heterocycles. The molecule has 0 unspecified atom stereocenters. The summed E-state index contributed by atoms with van der Waals surface area (Å²) < 4.78 is 13.5. The maximum Gasteiger partial charge on any atom is 0.137 e. The standard InChI is InChI=1S/C12H12BrFN2S/c13-11-5-9(1-2-12(11)14)3-4-15-6-10-7-17-8-16-10/h1-2,5,7-8,15H,3-4,6H2. The molecule has 0 aliphatic heterocycles. The highest BCUT2D eigenvalue weighted by Crippen LogP contribution is 2.16.